The maximum Gasteiger partial charge on any atom is 0.303 e. The lowest BCUT2D eigenvalue weighted by Crippen LogP contribution is -2.02. The first kappa shape index (κ1) is 9.85. The summed E-state index contributed by atoms with van der Waals surface area (Å²) in [5.74, 6) is -1.15. The summed E-state index contributed by atoms with van der Waals surface area (Å²) in [7, 11) is 0. The zero-order valence-corrected chi connectivity index (χ0v) is 7.93. The lowest BCUT2D eigenvalue weighted by Gasteiger charge is -1.91. The van der Waals surface area contributed by atoms with E-state index in [1.807, 2.05) is 6.92 Å². The Morgan fingerprint density at radius 2 is 2.23 bits per heavy atom. The molecule has 4 nitrogen and oxygen atoms in total. The molecule has 1 heterocycles. The first-order valence-electron chi connectivity index (χ1n) is 3.77. The molecule has 0 radical (unpaired) electrons. The van der Waals surface area contributed by atoms with Gasteiger partial charge in [-0.3, -0.25) is 9.59 Å². The highest BCUT2D eigenvalue weighted by Crippen LogP contribution is 2.13. The number of hydrogen-bond acceptors (Lipinski definition) is 4. The third-order valence-corrected chi connectivity index (χ3v) is 2.38. The van der Waals surface area contributed by atoms with Crippen molar-refractivity contribution in [2.45, 2.75) is 19.8 Å². The van der Waals surface area contributed by atoms with E-state index in [1.54, 1.807) is 6.20 Å². The summed E-state index contributed by atoms with van der Waals surface area (Å²) in [6, 6.07) is 0. The fraction of sp³-hybridized carbons (Fsp3) is 0.375. The third-order valence-electron chi connectivity index (χ3n) is 1.43. The molecule has 0 atom stereocenters. The number of nitrogens with zero attached hydrogens (tertiary/aromatic N) is 1. The summed E-state index contributed by atoms with van der Waals surface area (Å²) in [5.41, 5.74) is 0. The second-order valence-electron chi connectivity index (χ2n) is 2.59. The molecule has 0 saturated carbocycles. The molecular weight excluding hydrogens is 190 g/mol. The van der Waals surface area contributed by atoms with Crippen LogP contribution in [0.3, 0.4) is 0 Å². The van der Waals surface area contributed by atoms with Gasteiger partial charge in [0.1, 0.15) is 0 Å². The van der Waals surface area contributed by atoms with Gasteiger partial charge in [-0.1, -0.05) is 0 Å². The highest BCUT2D eigenvalue weighted by molar-refractivity contribution is 7.13. The number of carboxylic acid groups (broad SMARTS) is 1. The van der Waals surface area contributed by atoms with Gasteiger partial charge in [-0.25, -0.2) is 4.98 Å². The number of carbonyl (C=O) groups excluding carboxylic acids is 1. The number of thiazole rings is 1. The van der Waals surface area contributed by atoms with E-state index >= 15 is 0 Å². The van der Waals surface area contributed by atoms with Gasteiger partial charge in [0.25, 0.3) is 0 Å². The molecule has 0 aliphatic carbocycles. The SMILES string of the molecule is Cc1cnc(C(=O)CCC(=O)O)s1. The van der Waals surface area contributed by atoms with Gasteiger partial charge in [0, 0.05) is 17.5 Å². The molecule has 5 heteroatoms. The standard InChI is InChI=1S/C8H9NO3S/c1-5-4-9-8(13-5)6(10)2-3-7(11)12/h4H,2-3H2,1H3,(H,11,12). The molecule has 1 aromatic heterocycles. The second kappa shape index (κ2) is 4.13. The molecule has 0 aromatic carbocycles. The van der Waals surface area contributed by atoms with Crippen molar-refractivity contribution in [3.05, 3.63) is 16.1 Å². The first-order valence-corrected chi connectivity index (χ1v) is 4.58. The van der Waals surface area contributed by atoms with Crippen LogP contribution in [0.25, 0.3) is 0 Å². The Balaban J connectivity index is 2.54. The molecule has 1 aromatic rings. The number of aromatic nitrogens is 1. The van der Waals surface area contributed by atoms with E-state index in [9.17, 15) is 9.59 Å². The molecular formula is C8H9NO3S. The quantitative estimate of drug-likeness (QED) is 0.746. The van der Waals surface area contributed by atoms with Crippen LogP contribution in [0.4, 0.5) is 0 Å². The summed E-state index contributed by atoms with van der Waals surface area (Å²) in [6.07, 6.45) is 1.51. The Hall–Kier alpha value is -1.23. The van der Waals surface area contributed by atoms with Gasteiger partial charge in [-0.05, 0) is 6.92 Å². The summed E-state index contributed by atoms with van der Waals surface area (Å²) in [4.78, 5) is 26.2. The average Bonchev–Trinajstić information content (AvgIpc) is 2.47. The number of carbonyl (C=O) groups is 2. The molecule has 0 bridgehead atoms. The molecule has 0 unspecified atom stereocenters. The van der Waals surface area contributed by atoms with Crippen molar-refractivity contribution in [3.63, 3.8) is 0 Å². The maximum atomic E-state index is 11.2. The van der Waals surface area contributed by atoms with Gasteiger partial charge in [0.05, 0.1) is 6.42 Å². The Morgan fingerprint density at radius 3 is 2.69 bits per heavy atom. The molecule has 13 heavy (non-hydrogen) atoms. The predicted octanol–water partition coefficient (Wildman–Crippen LogP) is 1.50. The average molecular weight is 199 g/mol. The summed E-state index contributed by atoms with van der Waals surface area (Å²) >= 11 is 1.29. The van der Waals surface area contributed by atoms with Gasteiger partial charge >= 0.3 is 5.97 Å². The van der Waals surface area contributed by atoms with Crippen molar-refractivity contribution in [1.82, 2.24) is 4.98 Å². The van der Waals surface area contributed by atoms with E-state index in [0.29, 0.717) is 5.01 Å². The van der Waals surface area contributed by atoms with Crippen LogP contribution in [-0.4, -0.2) is 21.8 Å². The van der Waals surface area contributed by atoms with Crippen molar-refractivity contribution in [2.24, 2.45) is 0 Å². The highest BCUT2D eigenvalue weighted by atomic mass is 32.1. The number of rotatable bonds is 4. The van der Waals surface area contributed by atoms with Crippen LogP contribution in [0.1, 0.15) is 27.5 Å². The lowest BCUT2D eigenvalue weighted by atomic mass is 10.2. The number of Topliss-reactive ketones (excluding diaryl/α,β-unsaturated/α-hetero) is 1. The van der Waals surface area contributed by atoms with Crippen LogP contribution in [0.5, 0.6) is 0 Å². The molecule has 1 rings (SSSR count). The van der Waals surface area contributed by atoms with Crippen LogP contribution in [-0.2, 0) is 4.79 Å². The molecule has 0 amide bonds. The number of aliphatic carboxylic acids is 1. The number of carboxylic acids is 1. The topological polar surface area (TPSA) is 67.3 Å². The number of hydrogen-bond donors (Lipinski definition) is 1. The molecule has 0 fully saturated rings. The lowest BCUT2D eigenvalue weighted by molar-refractivity contribution is -0.136. The normalized spacial score (nSPS) is 9.92. The summed E-state index contributed by atoms with van der Waals surface area (Å²) in [6.45, 7) is 1.85. The molecule has 0 aliphatic rings. The zero-order valence-electron chi connectivity index (χ0n) is 7.11. The molecule has 1 N–H and O–H groups in total. The summed E-state index contributed by atoms with van der Waals surface area (Å²) < 4.78 is 0. The fourth-order valence-corrected chi connectivity index (χ4v) is 1.54. The van der Waals surface area contributed by atoms with Crippen molar-refractivity contribution in [2.75, 3.05) is 0 Å². The van der Waals surface area contributed by atoms with Crippen LogP contribution in [0, 0.1) is 6.92 Å². The van der Waals surface area contributed by atoms with Gasteiger partial charge in [-0.15, -0.1) is 11.3 Å². The monoisotopic (exact) mass is 199 g/mol. The largest absolute Gasteiger partial charge is 0.481 e. The van der Waals surface area contributed by atoms with Crippen LogP contribution in [0.2, 0.25) is 0 Å². The van der Waals surface area contributed by atoms with E-state index in [-0.39, 0.29) is 18.6 Å². The first-order chi connectivity index (χ1) is 6.09. The van der Waals surface area contributed by atoms with E-state index in [0.717, 1.165) is 4.88 Å². The minimum Gasteiger partial charge on any atom is -0.481 e. The second-order valence-corrected chi connectivity index (χ2v) is 3.83. The minimum atomic E-state index is -0.957. The molecule has 0 aliphatic heterocycles. The Morgan fingerprint density at radius 1 is 1.54 bits per heavy atom. The third kappa shape index (κ3) is 2.95. The Bertz CT molecular complexity index is 332. The van der Waals surface area contributed by atoms with Crippen LogP contribution in [0.15, 0.2) is 6.20 Å². The Labute approximate surface area is 79.2 Å². The molecule has 0 saturated heterocycles. The van der Waals surface area contributed by atoms with E-state index in [2.05, 4.69) is 4.98 Å². The fourth-order valence-electron chi connectivity index (χ4n) is 0.811. The van der Waals surface area contributed by atoms with Crippen LogP contribution < -0.4 is 0 Å². The van der Waals surface area contributed by atoms with Crippen molar-refractivity contribution in [3.8, 4) is 0 Å². The van der Waals surface area contributed by atoms with Gasteiger partial charge in [-0.2, -0.15) is 0 Å². The van der Waals surface area contributed by atoms with E-state index in [4.69, 9.17) is 5.11 Å². The molecule has 0 spiro atoms. The van der Waals surface area contributed by atoms with E-state index in [1.165, 1.54) is 11.3 Å². The highest BCUT2D eigenvalue weighted by Gasteiger charge is 2.11. The Kier molecular flexibility index (Phi) is 3.13. The predicted molar refractivity (Wildman–Crippen MR) is 48.1 cm³/mol. The number of ketones is 1. The minimum absolute atomic E-state index is 0.0300. The van der Waals surface area contributed by atoms with Crippen molar-refractivity contribution >= 4 is 23.1 Å². The van der Waals surface area contributed by atoms with E-state index < -0.39 is 5.97 Å². The smallest absolute Gasteiger partial charge is 0.303 e. The van der Waals surface area contributed by atoms with Gasteiger partial charge in [0.2, 0.25) is 0 Å². The van der Waals surface area contributed by atoms with Gasteiger partial charge in [0.15, 0.2) is 10.8 Å². The van der Waals surface area contributed by atoms with Gasteiger partial charge < -0.3 is 5.11 Å². The zero-order chi connectivity index (χ0) is 9.84. The molecule has 70 valence electrons. The summed E-state index contributed by atoms with van der Waals surface area (Å²) in [5, 5.41) is 8.75. The van der Waals surface area contributed by atoms with Crippen LogP contribution >= 0.6 is 11.3 Å². The number of aryl methyl sites for hydroxylation is 1. The van der Waals surface area contributed by atoms with Crippen molar-refractivity contribution in [1.29, 1.82) is 0 Å². The van der Waals surface area contributed by atoms with Crippen molar-refractivity contribution < 1.29 is 14.7 Å². The maximum absolute atomic E-state index is 11.2.